The first-order valence-electron chi connectivity index (χ1n) is 7.95. The summed E-state index contributed by atoms with van der Waals surface area (Å²) in [6.45, 7) is 0.319. The highest BCUT2D eigenvalue weighted by Crippen LogP contribution is 2.11. The molecule has 0 aliphatic heterocycles. The number of urea groups is 1. The Labute approximate surface area is 157 Å². The molecule has 0 fully saturated rings. The van der Waals surface area contributed by atoms with Crippen molar-refractivity contribution in [3.8, 4) is 0 Å². The van der Waals surface area contributed by atoms with Crippen LogP contribution in [0.2, 0.25) is 0 Å². The molecule has 142 valence electrons. The van der Waals surface area contributed by atoms with Crippen molar-refractivity contribution in [2.45, 2.75) is 11.4 Å². The van der Waals surface area contributed by atoms with Crippen LogP contribution in [0.4, 0.5) is 10.5 Å². The molecule has 9 heteroatoms. The first-order valence-corrected chi connectivity index (χ1v) is 9.43. The second-order valence-corrected chi connectivity index (χ2v) is 7.40. The lowest BCUT2D eigenvalue weighted by atomic mass is 10.2. The van der Waals surface area contributed by atoms with Gasteiger partial charge in [0.25, 0.3) is 0 Å². The lowest BCUT2D eigenvalue weighted by Crippen LogP contribution is -2.20. The Balaban J connectivity index is 1.89. The molecule has 2 rings (SSSR count). The van der Waals surface area contributed by atoms with Crippen molar-refractivity contribution >= 4 is 33.7 Å². The molecule has 0 aliphatic carbocycles. The quantitative estimate of drug-likeness (QED) is 0.534. The zero-order chi connectivity index (χ0) is 19.9. The number of hydrogen-bond donors (Lipinski definition) is 4. The van der Waals surface area contributed by atoms with Crippen molar-refractivity contribution in [1.82, 2.24) is 10.0 Å². The molecule has 0 aliphatic rings. The van der Waals surface area contributed by atoms with Crippen LogP contribution >= 0.6 is 0 Å². The van der Waals surface area contributed by atoms with Crippen LogP contribution in [-0.2, 0) is 21.4 Å². The molecule has 27 heavy (non-hydrogen) atoms. The van der Waals surface area contributed by atoms with Gasteiger partial charge in [0.1, 0.15) is 0 Å². The van der Waals surface area contributed by atoms with Gasteiger partial charge >= 0.3 is 6.03 Å². The topological polar surface area (TPSA) is 130 Å². The minimum absolute atomic E-state index is 0.154. The van der Waals surface area contributed by atoms with E-state index < -0.39 is 16.1 Å². The molecule has 0 radical (unpaired) electrons. The molecule has 2 aromatic rings. The second-order valence-electron chi connectivity index (χ2n) is 5.51. The Bertz CT molecular complexity index is 936. The van der Waals surface area contributed by atoms with E-state index in [0.29, 0.717) is 17.8 Å². The number of hydrogen-bond acceptors (Lipinski definition) is 4. The van der Waals surface area contributed by atoms with Crippen LogP contribution in [-0.4, -0.2) is 27.4 Å². The van der Waals surface area contributed by atoms with E-state index in [2.05, 4.69) is 15.4 Å². The van der Waals surface area contributed by atoms with E-state index in [0.717, 1.165) is 5.56 Å². The van der Waals surface area contributed by atoms with Gasteiger partial charge < -0.3 is 16.4 Å². The Morgan fingerprint density at radius 1 is 1.04 bits per heavy atom. The Kier molecular flexibility index (Phi) is 6.69. The monoisotopic (exact) mass is 388 g/mol. The van der Waals surface area contributed by atoms with Gasteiger partial charge in [-0.1, -0.05) is 24.3 Å². The molecule has 8 nitrogen and oxygen atoms in total. The highest BCUT2D eigenvalue weighted by molar-refractivity contribution is 7.89. The van der Waals surface area contributed by atoms with E-state index in [1.165, 1.54) is 25.3 Å². The van der Waals surface area contributed by atoms with Gasteiger partial charge in [-0.15, -0.1) is 0 Å². The lowest BCUT2D eigenvalue weighted by Gasteiger charge is -2.05. The maximum absolute atomic E-state index is 11.9. The van der Waals surface area contributed by atoms with Crippen LogP contribution in [0.3, 0.4) is 0 Å². The maximum Gasteiger partial charge on any atom is 0.316 e. The average Bonchev–Trinajstić information content (AvgIpc) is 2.65. The number of nitrogens with two attached hydrogens (primary N) is 1. The number of carbonyl (C=O) groups excluding carboxylic acids is 2. The zero-order valence-corrected chi connectivity index (χ0v) is 15.4. The molecule has 0 bridgehead atoms. The summed E-state index contributed by atoms with van der Waals surface area (Å²) < 4.78 is 25.5. The molecule has 2 aromatic carbocycles. The number of sulfonamides is 1. The average molecular weight is 388 g/mol. The number of benzene rings is 2. The van der Waals surface area contributed by atoms with E-state index in [1.54, 1.807) is 42.5 Å². The summed E-state index contributed by atoms with van der Waals surface area (Å²) in [5.41, 5.74) is 7.15. The summed E-state index contributed by atoms with van der Waals surface area (Å²) in [4.78, 5) is 22.8. The van der Waals surface area contributed by atoms with Crippen molar-refractivity contribution in [1.29, 1.82) is 0 Å². The summed E-state index contributed by atoms with van der Waals surface area (Å²) in [6, 6.07) is 12.4. The Morgan fingerprint density at radius 2 is 1.67 bits per heavy atom. The second kappa shape index (κ2) is 8.97. The minimum atomic E-state index is -3.48. The van der Waals surface area contributed by atoms with E-state index in [4.69, 9.17) is 5.73 Å². The minimum Gasteiger partial charge on any atom is -0.351 e. The molecule has 0 aromatic heterocycles. The molecule has 0 spiro atoms. The largest absolute Gasteiger partial charge is 0.351 e. The van der Waals surface area contributed by atoms with Crippen LogP contribution < -0.4 is 21.1 Å². The van der Waals surface area contributed by atoms with Crippen LogP contribution in [0.15, 0.2) is 59.5 Å². The predicted octanol–water partition coefficient (Wildman–Crippen LogP) is 1.41. The van der Waals surface area contributed by atoms with Crippen LogP contribution in [0, 0.1) is 0 Å². The van der Waals surface area contributed by atoms with Gasteiger partial charge in [-0.3, -0.25) is 4.79 Å². The fraction of sp³-hybridized carbons (Fsp3) is 0.111. The molecule has 0 saturated heterocycles. The molecule has 0 unspecified atom stereocenters. The zero-order valence-electron chi connectivity index (χ0n) is 14.6. The SMILES string of the molecule is CNS(=O)(=O)c1ccc(/C=C/C(=O)NCc2ccc(NC(N)=O)cc2)cc1. The van der Waals surface area contributed by atoms with Crippen molar-refractivity contribution in [2.75, 3.05) is 12.4 Å². The number of anilines is 1. The number of amides is 3. The summed E-state index contributed by atoms with van der Waals surface area (Å²) in [5.74, 6) is -0.290. The normalized spacial score (nSPS) is 11.3. The summed E-state index contributed by atoms with van der Waals surface area (Å²) >= 11 is 0. The summed E-state index contributed by atoms with van der Waals surface area (Å²) in [6.07, 6.45) is 2.95. The fourth-order valence-corrected chi connectivity index (χ4v) is 2.87. The number of primary amides is 1. The van der Waals surface area contributed by atoms with Crippen molar-refractivity contribution in [2.24, 2.45) is 5.73 Å². The highest BCUT2D eigenvalue weighted by atomic mass is 32.2. The number of carbonyl (C=O) groups is 2. The van der Waals surface area contributed by atoms with Crippen molar-refractivity contribution in [3.05, 3.63) is 65.7 Å². The van der Waals surface area contributed by atoms with E-state index in [1.807, 2.05) is 0 Å². The van der Waals surface area contributed by atoms with Gasteiger partial charge in [0.2, 0.25) is 15.9 Å². The van der Waals surface area contributed by atoms with Crippen molar-refractivity contribution < 1.29 is 18.0 Å². The molecule has 0 heterocycles. The van der Waals surface area contributed by atoms with Gasteiger partial charge in [-0.05, 0) is 48.5 Å². The fourth-order valence-electron chi connectivity index (χ4n) is 2.14. The standard InChI is InChI=1S/C18H20N4O4S/c1-20-27(25,26)16-9-4-13(5-10-16)6-11-17(23)21-12-14-2-7-15(8-3-14)22-18(19)24/h2-11,20H,12H2,1H3,(H,21,23)(H3,19,22,24)/b11-6+. The van der Waals surface area contributed by atoms with Crippen LogP contribution in [0.25, 0.3) is 6.08 Å². The van der Waals surface area contributed by atoms with E-state index in [-0.39, 0.29) is 10.8 Å². The van der Waals surface area contributed by atoms with Gasteiger partial charge in [0, 0.05) is 18.3 Å². The van der Waals surface area contributed by atoms with Crippen LogP contribution in [0.5, 0.6) is 0 Å². The molecular weight excluding hydrogens is 368 g/mol. The third kappa shape index (κ3) is 6.24. The summed E-state index contributed by atoms with van der Waals surface area (Å²) in [5, 5.41) is 5.18. The molecule has 3 amide bonds. The van der Waals surface area contributed by atoms with Gasteiger partial charge in [-0.2, -0.15) is 0 Å². The van der Waals surface area contributed by atoms with Gasteiger partial charge in [0.05, 0.1) is 4.90 Å². The maximum atomic E-state index is 11.9. The predicted molar refractivity (Wildman–Crippen MR) is 103 cm³/mol. The highest BCUT2D eigenvalue weighted by Gasteiger charge is 2.09. The number of nitrogens with one attached hydrogen (secondary N) is 3. The van der Waals surface area contributed by atoms with E-state index in [9.17, 15) is 18.0 Å². The smallest absolute Gasteiger partial charge is 0.316 e. The molecular formula is C18H20N4O4S. The number of rotatable bonds is 7. The van der Waals surface area contributed by atoms with Crippen molar-refractivity contribution in [3.63, 3.8) is 0 Å². The lowest BCUT2D eigenvalue weighted by molar-refractivity contribution is -0.116. The molecule has 0 saturated carbocycles. The third-order valence-corrected chi connectivity index (χ3v) is 5.00. The van der Waals surface area contributed by atoms with Gasteiger partial charge in [-0.25, -0.2) is 17.9 Å². The Morgan fingerprint density at radius 3 is 2.22 bits per heavy atom. The first-order chi connectivity index (χ1) is 12.8. The third-order valence-electron chi connectivity index (χ3n) is 3.57. The van der Waals surface area contributed by atoms with Crippen LogP contribution in [0.1, 0.15) is 11.1 Å². The Hall–Kier alpha value is -3.17. The summed E-state index contributed by atoms with van der Waals surface area (Å²) in [7, 11) is -2.14. The molecule has 0 atom stereocenters. The first kappa shape index (κ1) is 20.1. The van der Waals surface area contributed by atoms with E-state index >= 15 is 0 Å². The molecule has 5 N–H and O–H groups in total. The van der Waals surface area contributed by atoms with Gasteiger partial charge in [0.15, 0.2) is 0 Å².